The number of nitrogens with zero attached hydrogens (tertiary/aromatic N) is 2. The summed E-state index contributed by atoms with van der Waals surface area (Å²) in [6.07, 6.45) is 4.44. The van der Waals surface area contributed by atoms with Crippen LogP contribution in [0.2, 0.25) is 5.02 Å². The highest BCUT2D eigenvalue weighted by molar-refractivity contribution is 7.99. The lowest BCUT2D eigenvalue weighted by Crippen LogP contribution is -2.52. The molecule has 0 unspecified atom stereocenters. The molecule has 1 aliphatic heterocycles. The summed E-state index contributed by atoms with van der Waals surface area (Å²) in [7, 11) is 0. The summed E-state index contributed by atoms with van der Waals surface area (Å²) >= 11 is 7.50. The van der Waals surface area contributed by atoms with Gasteiger partial charge in [0.15, 0.2) is 0 Å². The van der Waals surface area contributed by atoms with Crippen LogP contribution in [0.4, 0.5) is 0 Å². The maximum atomic E-state index is 12.4. The van der Waals surface area contributed by atoms with Gasteiger partial charge in [-0.05, 0) is 30.5 Å². The topological polar surface area (TPSA) is 40.6 Å². The Hall–Kier alpha value is -1.20. The first-order valence-electron chi connectivity index (χ1n) is 9.02. The highest BCUT2D eigenvalue weighted by Crippen LogP contribution is 2.27. The zero-order valence-electron chi connectivity index (χ0n) is 14.5. The van der Waals surface area contributed by atoms with Crippen LogP contribution in [-0.4, -0.2) is 53.5 Å². The highest BCUT2D eigenvalue weighted by atomic mass is 35.5. The van der Waals surface area contributed by atoms with E-state index in [0.717, 1.165) is 23.6 Å². The van der Waals surface area contributed by atoms with Gasteiger partial charge in [0.25, 0.3) is 0 Å². The first-order chi connectivity index (χ1) is 12.1. The number of amides is 2. The molecule has 0 bridgehead atoms. The van der Waals surface area contributed by atoms with E-state index in [4.69, 9.17) is 11.6 Å². The number of rotatable bonds is 5. The molecular formula is C19H25ClN2O2S. The fourth-order valence-electron chi connectivity index (χ4n) is 3.54. The number of thioether (sulfide) groups is 1. The van der Waals surface area contributed by atoms with Gasteiger partial charge in [0.2, 0.25) is 11.8 Å². The van der Waals surface area contributed by atoms with Crippen LogP contribution < -0.4 is 0 Å². The summed E-state index contributed by atoms with van der Waals surface area (Å²) in [4.78, 5) is 28.6. The molecule has 2 fully saturated rings. The van der Waals surface area contributed by atoms with E-state index in [0.29, 0.717) is 37.8 Å². The minimum Gasteiger partial charge on any atom is -0.339 e. The van der Waals surface area contributed by atoms with Crippen LogP contribution in [0, 0.1) is 5.92 Å². The Labute approximate surface area is 158 Å². The summed E-state index contributed by atoms with van der Waals surface area (Å²) in [5.41, 5.74) is 1.18. The molecule has 0 spiro atoms. The van der Waals surface area contributed by atoms with Crippen molar-refractivity contribution in [2.45, 2.75) is 31.4 Å². The van der Waals surface area contributed by atoms with Crippen molar-refractivity contribution in [3.8, 4) is 0 Å². The molecule has 1 saturated carbocycles. The SMILES string of the molecule is O=C(CSCc1ccc(Cl)cc1)N1CCN(C(=O)C2CCCC2)CC1. The van der Waals surface area contributed by atoms with Crippen LogP contribution in [0.1, 0.15) is 31.2 Å². The van der Waals surface area contributed by atoms with Crippen LogP contribution in [0.3, 0.4) is 0 Å². The van der Waals surface area contributed by atoms with Gasteiger partial charge in [0.05, 0.1) is 5.75 Å². The van der Waals surface area contributed by atoms with E-state index >= 15 is 0 Å². The van der Waals surface area contributed by atoms with Crippen molar-refractivity contribution in [1.29, 1.82) is 0 Å². The van der Waals surface area contributed by atoms with Crippen molar-refractivity contribution in [2.75, 3.05) is 31.9 Å². The first kappa shape index (κ1) is 18.6. The van der Waals surface area contributed by atoms with Gasteiger partial charge in [0.1, 0.15) is 0 Å². The molecule has 6 heteroatoms. The van der Waals surface area contributed by atoms with E-state index in [1.165, 1.54) is 18.4 Å². The van der Waals surface area contributed by atoms with Crippen molar-refractivity contribution >= 4 is 35.2 Å². The van der Waals surface area contributed by atoms with E-state index in [2.05, 4.69) is 0 Å². The number of hydrogen-bond donors (Lipinski definition) is 0. The minimum atomic E-state index is 0.173. The third-order valence-corrected chi connectivity index (χ3v) is 6.30. The molecule has 1 saturated heterocycles. The van der Waals surface area contributed by atoms with Crippen molar-refractivity contribution < 1.29 is 9.59 Å². The van der Waals surface area contributed by atoms with Crippen LogP contribution in [0.5, 0.6) is 0 Å². The summed E-state index contributed by atoms with van der Waals surface area (Å²) in [5.74, 6) is 2.01. The lowest BCUT2D eigenvalue weighted by atomic mass is 10.1. The third kappa shape index (κ3) is 5.14. The first-order valence-corrected chi connectivity index (χ1v) is 10.6. The van der Waals surface area contributed by atoms with Gasteiger partial charge in [-0.2, -0.15) is 0 Å². The van der Waals surface area contributed by atoms with Crippen LogP contribution in [-0.2, 0) is 15.3 Å². The Morgan fingerprint density at radius 1 is 1.00 bits per heavy atom. The molecule has 1 heterocycles. The summed E-state index contributed by atoms with van der Waals surface area (Å²) in [6.45, 7) is 2.70. The molecule has 1 aliphatic carbocycles. The van der Waals surface area contributed by atoms with E-state index in [9.17, 15) is 9.59 Å². The van der Waals surface area contributed by atoms with E-state index < -0.39 is 0 Å². The average molecular weight is 381 g/mol. The number of benzene rings is 1. The second-order valence-electron chi connectivity index (χ2n) is 6.81. The number of carbonyl (C=O) groups excluding carboxylic acids is 2. The molecule has 0 atom stereocenters. The lowest BCUT2D eigenvalue weighted by molar-refractivity contribution is -0.141. The van der Waals surface area contributed by atoms with Crippen LogP contribution in [0.25, 0.3) is 0 Å². The Morgan fingerprint density at radius 3 is 2.24 bits per heavy atom. The van der Waals surface area contributed by atoms with Gasteiger partial charge in [-0.15, -0.1) is 11.8 Å². The number of hydrogen-bond acceptors (Lipinski definition) is 3. The fraction of sp³-hybridized carbons (Fsp3) is 0.579. The molecule has 2 aliphatic rings. The predicted octanol–water partition coefficient (Wildman–Crippen LogP) is 3.43. The van der Waals surface area contributed by atoms with Crippen molar-refractivity contribution in [1.82, 2.24) is 9.80 Å². The molecule has 1 aromatic rings. The third-order valence-electron chi connectivity index (χ3n) is 5.06. The van der Waals surface area contributed by atoms with E-state index in [1.807, 2.05) is 34.1 Å². The molecule has 136 valence electrons. The maximum absolute atomic E-state index is 12.4. The monoisotopic (exact) mass is 380 g/mol. The molecule has 4 nitrogen and oxygen atoms in total. The van der Waals surface area contributed by atoms with Gasteiger partial charge in [-0.1, -0.05) is 36.6 Å². The summed E-state index contributed by atoms with van der Waals surface area (Å²) < 4.78 is 0. The van der Waals surface area contributed by atoms with Gasteiger partial charge < -0.3 is 9.80 Å². The van der Waals surface area contributed by atoms with Gasteiger partial charge in [-0.3, -0.25) is 9.59 Å². The molecule has 1 aromatic carbocycles. The van der Waals surface area contributed by atoms with E-state index in [1.54, 1.807) is 11.8 Å². The summed E-state index contributed by atoms with van der Waals surface area (Å²) in [5, 5.41) is 0.731. The minimum absolute atomic E-state index is 0.173. The average Bonchev–Trinajstić information content (AvgIpc) is 3.17. The largest absolute Gasteiger partial charge is 0.339 e. The zero-order chi connectivity index (χ0) is 17.6. The molecule has 3 rings (SSSR count). The standard InChI is InChI=1S/C19H25ClN2O2S/c20-17-7-5-15(6-8-17)13-25-14-18(23)21-9-11-22(12-10-21)19(24)16-3-1-2-4-16/h5-8,16H,1-4,9-14H2. The zero-order valence-corrected chi connectivity index (χ0v) is 16.0. The van der Waals surface area contributed by atoms with Crippen LogP contribution >= 0.6 is 23.4 Å². The Bertz CT molecular complexity index is 594. The van der Waals surface area contributed by atoms with Gasteiger partial charge in [-0.25, -0.2) is 0 Å². The molecule has 25 heavy (non-hydrogen) atoms. The highest BCUT2D eigenvalue weighted by Gasteiger charge is 2.30. The van der Waals surface area contributed by atoms with E-state index in [-0.39, 0.29) is 11.8 Å². The second kappa shape index (κ2) is 8.95. The predicted molar refractivity (Wildman–Crippen MR) is 103 cm³/mol. The molecular weight excluding hydrogens is 356 g/mol. The maximum Gasteiger partial charge on any atom is 0.232 e. The number of carbonyl (C=O) groups is 2. The van der Waals surface area contributed by atoms with Gasteiger partial charge >= 0.3 is 0 Å². The van der Waals surface area contributed by atoms with Crippen molar-refractivity contribution in [2.24, 2.45) is 5.92 Å². The molecule has 0 N–H and O–H groups in total. The Balaban J connectivity index is 1.37. The molecule has 0 aromatic heterocycles. The second-order valence-corrected chi connectivity index (χ2v) is 8.23. The molecule has 2 amide bonds. The lowest BCUT2D eigenvalue weighted by Gasteiger charge is -2.36. The Kier molecular flexibility index (Phi) is 6.65. The molecule has 0 radical (unpaired) electrons. The Morgan fingerprint density at radius 2 is 1.60 bits per heavy atom. The normalized spacial score (nSPS) is 18.6. The van der Waals surface area contributed by atoms with Gasteiger partial charge in [0, 0.05) is 42.9 Å². The smallest absolute Gasteiger partial charge is 0.232 e. The fourth-order valence-corrected chi connectivity index (χ4v) is 4.55. The quantitative estimate of drug-likeness (QED) is 0.785. The number of halogens is 1. The number of piperazine rings is 1. The van der Waals surface area contributed by atoms with Crippen molar-refractivity contribution in [3.05, 3.63) is 34.9 Å². The van der Waals surface area contributed by atoms with Crippen molar-refractivity contribution in [3.63, 3.8) is 0 Å². The van der Waals surface area contributed by atoms with Crippen LogP contribution in [0.15, 0.2) is 24.3 Å². The summed E-state index contributed by atoms with van der Waals surface area (Å²) in [6, 6.07) is 7.74.